The van der Waals surface area contributed by atoms with Gasteiger partial charge in [-0.1, -0.05) is 54.8 Å². The van der Waals surface area contributed by atoms with Crippen LogP contribution in [-0.2, 0) is 4.74 Å². The maximum Gasteiger partial charge on any atom is 0.338 e. The third-order valence-corrected chi connectivity index (χ3v) is 3.02. The van der Waals surface area contributed by atoms with Gasteiger partial charge in [0.25, 0.3) is 0 Å². The minimum absolute atomic E-state index is 0.290. The van der Waals surface area contributed by atoms with Crippen molar-refractivity contribution in [2.45, 2.75) is 12.8 Å². The van der Waals surface area contributed by atoms with Crippen molar-refractivity contribution in [1.29, 1.82) is 0 Å². The summed E-state index contributed by atoms with van der Waals surface area (Å²) in [5.74, 6) is 5.81. The second-order valence-electron chi connectivity index (χ2n) is 4.83. The number of carbonyl (C=O) groups excluding carboxylic acids is 1. The lowest BCUT2D eigenvalue weighted by atomic mass is 10.1. The fourth-order valence-electron chi connectivity index (χ4n) is 1.85. The number of esters is 1. The molecule has 110 valence electrons. The Hall–Kier alpha value is -2.79. The third-order valence-electron chi connectivity index (χ3n) is 3.02. The monoisotopic (exact) mass is 290 g/mol. The Morgan fingerprint density at radius 3 is 2.32 bits per heavy atom. The molecule has 0 aliphatic rings. The highest BCUT2D eigenvalue weighted by molar-refractivity contribution is 5.89. The summed E-state index contributed by atoms with van der Waals surface area (Å²) in [7, 11) is 0. The molecule has 0 spiro atoms. The number of carbonyl (C=O) groups is 1. The molecular weight excluding hydrogens is 272 g/mol. The molecule has 22 heavy (non-hydrogen) atoms. The molecular formula is C20H18O2. The van der Waals surface area contributed by atoms with Gasteiger partial charge >= 0.3 is 5.97 Å². The van der Waals surface area contributed by atoms with Crippen molar-refractivity contribution in [2.75, 3.05) is 6.61 Å². The van der Waals surface area contributed by atoms with E-state index in [1.165, 1.54) is 0 Å². The number of ether oxygens (including phenoxy) is 1. The summed E-state index contributed by atoms with van der Waals surface area (Å²) in [4.78, 5) is 11.7. The molecule has 0 N–H and O–H groups in total. The quantitative estimate of drug-likeness (QED) is 0.468. The van der Waals surface area contributed by atoms with Gasteiger partial charge in [0.2, 0.25) is 0 Å². The first kappa shape index (κ1) is 15.6. The first-order valence-electron chi connectivity index (χ1n) is 7.23. The van der Waals surface area contributed by atoms with Gasteiger partial charge in [-0.05, 0) is 42.7 Å². The van der Waals surface area contributed by atoms with Crippen LogP contribution < -0.4 is 0 Å². The van der Waals surface area contributed by atoms with E-state index in [-0.39, 0.29) is 5.97 Å². The summed E-state index contributed by atoms with van der Waals surface area (Å²) in [6, 6.07) is 18.8. The van der Waals surface area contributed by atoms with Crippen LogP contribution in [0.1, 0.15) is 28.8 Å². The smallest absolute Gasteiger partial charge is 0.338 e. The molecule has 0 amide bonds. The topological polar surface area (TPSA) is 26.3 Å². The second kappa shape index (κ2) is 8.49. The molecule has 2 heteroatoms. The van der Waals surface area contributed by atoms with Crippen molar-refractivity contribution in [3.63, 3.8) is 0 Å². The molecule has 0 saturated heterocycles. The molecule has 0 aromatic heterocycles. The van der Waals surface area contributed by atoms with Gasteiger partial charge in [-0.2, -0.15) is 0 Å². The number of hydrogen-bond acceptors (Lipinski definition) is 2. The summed E-state index contributed by atoms with van der Waals surface area (Å²) in [6.45, 7) is 4.31. The molecule has 0 heterocycles. The highest BCUT2D eigenvalue weighted by Gasteiger charge is 2.04. The minimum atomic E-state index is -0.290. The molecule has 2 aromatic carbocycles. The average molecular weight is 290 g/mol. The standard InChI is InChI=1S/C20H18O2/c1-17(14-15-18-10-4-2-5-11-18)9-8-16-22-20(21)19-12-6-3-7-13-19/h2-7,10-13H,1,8-9,16H2. The van der Waals surface area contributed by atoms with Crippen LogP contribution in [0.15, 0.2) is 72.8 Å². The summed E-state index contributed by atoms with van der Waals surface area (Å²) in [6.07, 6.45) is 1.45. The van der Waals surface area contributed by atoms with E-state index in [9.17, 15) is 4.79 Å². The number of allylic oxidation sites excluding steroid dienone is 1. The van der Waals surface area contributed by atoms with E-state index >= 15 is 0 Å². The van der Waals surface area contributed by atoms with Crippen molar-refractivity contribution >= 4 is 5.97 Å². The molecule has 0 aliphatic carbocycles. The lowest BCUT2D eigenvalue weighted by molar-refractivity contribution is 0.0501. The second-order valence-corrected chi connectivity index (χ2v) is 4.83. The van der Waals surface area contributed by atoms with Crippen LogP contribution in [0.3, 0.4) is 0 Å². The first-order chi connectivity index (χ1) is 10.8. The molecule has 0 atom stereocenters. The van der Waals surface area contributed by atoms with Crippen LogP contribution >= 0.6 is 0 Å². The highest BCUT2D eigenvalue weighted by Crippen LogP contribution is 2.05. The SMILES string of the molecule is C=C(C#Cc1ccccc1)CCCOC(=O)c1ccccc1. The number of benzene rings is 2. The Labute approximate surface area is 131 Å². The van der Waals surface area contributed by atoms with Crippen LogP contribution in [0.25, 0.3) is 0 Å². The van der Waals surface area contributed by atoms with Crippen molar-refractivity contribution < 1.29 is 9.53 Å². The van der Waals surface area contributed by atoms with Crippen LogP contribution in [0.4, 0.5) is 0 Å². The molecule has 2 rings (SSSR count). The summed E-state index contributed by atoms with van der Waals surface area (Å²) in [5.41, 5.74) is 2.39. The predicted molar refractivity (Wildman–Crippen MR) is 88.4 cm³/mol. The van der Waals surface area contributed by atoms with E-state index in [0.717, 1.165) is 24.0 Å². The maximum atomic E-state index is 11.7. The lowest BCUT2D eigenvalue weighted by Gasteiger charge is -2.04. The van der Waals surface area contributed by atoms with Crippen LogP contribution in [-0.4, -0.2) is 12.6 Å². The fourth-order valence-corrected chi connectivity index (χ4v) is 1.85. The van der Waals surface area contributed by atoms with E-state index in [1.807, 2.05) is 48.5 Å². The lowest BCUT2D eigenvalue weighted by Crippen LogP contribution is -2.06. The Bertz CT molecular complexity index is 676. The Morgan fingerprint density at radius 1 is 1.00 bits per heavy atom. The van der Waals surface area contributed by atoms with E-state index in [4.69, 9.17) is 4.74 Å². The molecule has 2 aromatic rings. The molecule has 0 bridgehead atoms. The Balaban J connectivity index is 1.70. The molecule has 0 radical (unpaired) electrons. The summed E-state index contributed by atoms with van der Waals surface area (Å²) < 4.78 is 5.21. The van der Waals surface area contributed by atoms with Gasteiger partial charge in [0.15, 0.2) is 0 Å². The zero-order chi connectivity index (χ0) is 15.6. The molecule has 0 fully saturated rings. The number of rotatable bonds is 5. The summed E-state index contributed by atoms with van der Waals surface area (Å²) >= 11 is 0. The Morgan fingerprint density at radius 2 is 1.64 bits per heavy atom. The predicted octanol–water partition coefficient (Wildman–Crippen LogP) is 4.23. The fraction of sp³-hybridized carbons (Fsp3) is 0.150. The van der Waals surface area contributed by atoms with Gasteiger partial charge in [-0.25, -0.2) is 4.79 Å². The zero-order valence-electron chi connectivity index (χ0n) is 12.4. The van der Waals surface area contributed by atoms with E-state index in [0.29, 0.717) is 12.2 Å². The third kappa shape index (κ3) is 5.30. The van der Waals surface area contributed by atoms with Crippen LogP contribution in [0.5, 0.6) is 0 Å². The molecule has 2 nitrogen and oxygen atoms in total. The maximum absolute atomic E-state index is 11.7. The van der Waals surface area contributed by atoms with Crippen molar-refractivity contribution in [2.24, 2.45) is 0 Å². The minimum Gasteiger partial charge on any atom is -0.462 e. The average Bonchev–Trinajstić information content (AvgIpc) is 2.58. The van der Waals surface area contributed by atoms with Gasteiger partial charge in [0, 0.05) is 5.56 Å². The Kier molecular flexibility index (Phi) is 6.02. The van der Waals surface area contributed by atoms with Crippen molar-refractivity contribution in [3.8, 4) is 11.8 Å². The van der Waals surface area contributed by atoms with Gasteiger partial charge < -0.3 is 4.74 Å². The number of hydrogen-bond donors (Lipinski definition) is 0. The van der Waals surface area contributed by atoms with Gasteiger partial charge in [-0.3, -0.25) is 0 Å². The van der Waals surface area contributed by atoms with Crippen molar-refractivity contribution in [3.05, 3.63) is 83.9 Å². The van der Waals surface area contributed by atoms with Gasteiger partial charge in [0.1, 0.15) is 0 Å². The van der Waals surface area contributed by atoms with Gasteiger partial charge in [0.05, 0.1) is 12.2 Å². The van der Waals surface area contributed by atoms with Crippen LogP contribution in [0.2, 0.25) is 0 Å². The highest BCUT2D eigenvalue weighted by atomic mass is 16.5. The molecule has 0 saturated carbocycles. The van der Waals surface area contributed by atoms with E-state index < -0.39 is 0 Å². The van der Waals surface area contributed by atoms with Crippen LogP contribution in [0, 0.1) is 11.8 Å². The first-order valence-corrected chi connectivity index (χ1v) is 7.23. The largest absolute Gasteiger partial charge is 0.462 e. The molecule has 0 unspecified atom stereocenters. The normalized spacial score (nSPS) is 9.45. The van der Waals surface area contributed by atoms with E-state index in [1.54, 1.807) is 12.1 Å². The summed E-state index contributed by atoms with van der Waals surface area (Å²) in [5, 5.41) is 0. The zero-order valence-corrected chi connectivity index (χ0v) is 12.4. The van der Waals surface area contributed by atoms with Crippen molar-refractivity contribution in [1.82, 2.24) is 0 Å². The van der Waals surface area contributed by atoms with E-state index in [2.05, 4.69) is 18.4 Å². The molecule has 0 aliphatic heterocycles. The van der Waals surface area contributed by atoms with Gasteiger partial charge in [-0.15, -0.1) is 0 Å².